The predicted octanol–water partition coefficient (Wildman–Crippen LogP) is 0.841. The van der Waals surface area contributed by atoms with E-state index in [1.165, 1.54) is 17.0 Å². The summed E-state index contributed by atoms with van der Waals surface area (Å²) in [5.74, 6) is -0.216. The molecule has 6 nitrogen and oxygen atoms in total. The fourth-order valence-electron chi connectivity index (χ4n) is 2.29. The van der Waals surface area contributed by atoms with E-state index >= 15 is 0 Å². The number of amides is 1. The summed E-state index contributed by atoms with van der Waals surface area (Å²) in [5.41, 5.74) is 0.365. The molecule has 1 heterocycles. The Morgan fingerprint density at radius 3 is 2.68 bits per heavy atom. The highest BCUT2D eigenvalue weighted by atomic mass is 35.5. The van der Waals surface area contributed by atoms with E-state index in [-0.39, 0.29) is 29.3 Å². The Morgan fingerprint density at radius 2 is 2.09 bits per heavy atom. The maximum atomic E-state index is 12.4. The van der Waals surface area contributed by atoms with Gasteiger partial charge in [0.2, 0.25) is 10.0 Å². The van der Waals surface area contributed by atoms with E-state index in [0.717, 1.165) is 19.4 Å². The minimum absolute atomic E-state index is 0. The fourth-order valence-corrected chi connectivity index (χ4v) is 3.61. The summed E-state index contributed by atoms with van der Waals surface area (Å²) in [4.78, 5) is 13.5. The number of hydrogen-bond acceptors (Lipinski definition) is 4. The molecule has 0 saturated carbocycles. The molecule has 1 aliphatic heterocycles. The van der Waals surface area contributed by atoms with Gasteiger partial charge >= 0.3 is 0 Å². The molecule has 1 aromatic rings. The first-order valence-corrected chi connectivity index (χ1v) is 8.43. The zero-order valence-electron chi connectivity index (χ0n) is 12.7. The first-order valence-electron chi connectivity index (χ1n) is 6.95. The molecule has 0 spiro atoms. The van der Waals surface area contributed by atoms with Crippen LogP contribution in [0.5, 0.6) is 0 Å². The molecule has 1 fully saturated rings. The summed E-state index contributed by atoms with van der Waals surface area (Å²) in [7, 11) is -0.334. The van der Waals surface area contributed by atoms with E-state index in [9.17, 15) is 13.2 Å². The van der Waals surface area contributed by atoms with Crippen LogP contribution in [-0.4, -0.2) is 52.5 Å². The predicted molar refractivity (Wildman–Crippen MR) is 87.9 cm³/mol. The number of halogens is 1. The number of hydrogen-bond donors (Lipinski definition) is 2. The van der Waals surface area contributed by atoms with E-state index < -0.39 is 10.0 Å². The van der Waals surface area contributed by atoms with Crippen LogP contribution in [0, 0.1) is 0 Å². The Hall–Kier alpha value is -1.15. The fraction of sp³-hybridized carbons (Fsp3) is 0.500. The van der Waals surface area contributed by atoms with Gasteiger partial charge in [0.05, 0.1) is 4.90 Å². The van der Waals surface area contributed by atoms with Gasteiger partial charge in [-0.3, -0.25) is 4.79 Å². The highest BCUT2D eigenvalue weighted by molar-refractivity contribution is 7.89. The number of benzene rings is 1. The molecular formula is C14H22ClN3O3S. The highest BCUT2D eigenvalue weighted by Crippen LogP contribution is 2.14. The van der Waals surface area contributed by atoms with Gasteiger partial charge in [-0.15, -0.1) is 12.4 Å². The van der Waals surface area contributed by atoms with Gasteiger partial charge in [-0.25, -0.2) is 13.1 Å². The molecule has 0 aromatic heterocycles. The molecular weight excluding hydrogens is 326 g/mol. The van der Waals surface area contributed by atoms with Crippen LogP contribution in [0.2, 0.25) is 0 Å². The topological polar surface area (TPSA) is 78.5 Å². The second-order valence-electron chi connectivity index (χ2n) is 5.39. The number of piperidine rings is 1. The molecule has 1 saturated heterocycles. The van der Waals surface area contributed by atoms with Gasteiger partial charge in [0.1, 0.15) is 0 Å². The van der Waals surface area contributed by atoms with Gasteiger partial charge in [0.15, 0.2) is 0 Å². The number of carbonyl (C=O) groups excluding carboxylic acids is 1. The van der Waals surface area contributed by atoms with Gasteiger partial charge in [-0.2, -0.15) is 0 Å². The largest absolute Gasteiger partial charge is 0.345 e. The van der Waals surface area contributed by atoms with E-state index in [1.807, 2.05) is 0 Å². The van der Waals surface area contributed by atoms with E-state index in [2.05, 4.69) is 10.0 Å². The Kier molecular flexibility index (Phi) is 6.80. The molecule has 1 atom stereocenters. The zero-order chi connectivity index (χ0) is 15.5. The zero-order valence-corrected chi connectivity index (χ0v) is 14.3. The Labute approximate surface area is 137 Å². The Balaban J connectivity index is 0.00000242. The van der Waals surface area contributed by atoms with Crippen molar-refractivity contribution in [1.29, 1.82) is 0 Å². The highest BCUT2D eigenvalue weighted by Gasteiger charge is 2.22. The first kappa shape index (κ1) is 18.9. The molecule has 1 unspecified atom stereocenters. The monoisotopic (exact) mass is 347 g/mol. The summed E-state index contributed by atoms with van der Waals surface area (Å²) in [6, 6.07) is 6.02. The van der Waals surface area contributed by atoms with Crippen LogP contribution >= 0.6 is 12.4 Å². The van der Waals surface area contributed by atoms with Crippen molar-refractivity contribution in [2.24, 2.45) is 0 Å². The third-order valence-corrected chi connectivity index (χ3v) is 4.93. The van der Waals surface area contributed by atoms with Crippen LogP contribution in [0.15, 0.2) is 29.2 Å². The maximum Gasteiger partial charge on any atom is 0.253 e. The molecule has 1 aliphatic rings. The Morgan fingerprint density at radius 1 is 1.36 bits per heavy atom. The van der Waals surface area contributed by atoms with Gasteiger partial charge < -0.3 is 10.2 Å². The number of carbonyl (C=O) groups is 1. The summed E-state index contributed by atoms with van der Waals surface area (Å²) >= 11 is 0. The molecule has 0 aliphatic carbocycles. The van der Waals surface area contributed by atoms with Crippen LogP contribution in [0.4, 0.5) is 0 Å². The van der Waals surface area contributed by atoms with Crippen molar-refractivity contribution in [1.82, 2.24) is 14.9 Å². The lowest BCUT2D eigenvalue weighted by molar-refractivity contribution is 0.0827. The van der Waals surface area contributed by atoms with Crippen LogP contribution in [0.1, 0.15) is 23.2 Å². The third kappa shape index (κ3) is 4.67. The summed E-state index contributed by atoms with van der Waals surface area (Å²) in [6.07, 6.45) is 1.77. The molecule has 2 rings (SSSR count). The molecule has 2 N–H and O–H groups in total. The summed E-state index contributed by atoms with van der Waals surface area (Å²) in [6.45, 7) is 1.56. The normalized spacial score (nSPS) is 18.4. The average Bonchev–Trinajstić information content (AvgIpc) is 2.47. The molecule has 1 amide bonds. The lowest BCUT2D eigenvalue weighted by atomic mass is 10.1. The van der Waals surface area contributed by atoms with Crippen LogP contribution < -0.4 is 10.0 Å². The summed E-state index contributed by atoms with van der Waals surface area (Å²) in [5, 5.41) is 3.17. The molecule has 0 bridgehead atoms. The number of rotatable bonds is 4. The van der Waals surface area contributed by atoms with Crippen molar-refractivity contribution in [3.63, 3.8) is 0 Å². The Bertz CT molecular complexity index is 614. The lowest BCUT2D eigenvalue weighted by Crippen LogP contribution is -2.45. The van der Waals surface area contributed by atoms with Crippen LogP contribution in [-0.2, 0) is 10.0 Å². The van der Waals surface area contributed by atoms with E-state index in [4.69, 9.17) is 0 Å². The molecule has 1 aromatic carbocycles. The standard InChI is InChI=1S/C14H21N3O3S.ClH/c1-17(2)14(18)11-5-3-7-13(9-11)21(19,20)16-12-6-4-8-15-10-12;/h3,5,7,9,12,15-16H,4,6,8,10H2,1-2H3;1H. The van der Waals surface area contributed by atoms with Gasteiger partial charge in [-0.05, 0) is 37.6 Å². The van der Waals surface area contributed by atoms with E-state index in [1.54, 1.807) is 26.2 Å². The van der Waals surface area contributed by atoms with Crippen LogP contribution in [0.3, 0.4) is 0 Å². The van der Waals surface area contributed by atoms with Gasteiger partial charge in [0, 0.05) is 32.2 Å². The summed E-state index contributed by atoms with van der Waals surface area (Å²) < 4.78 is 27.5. The van der Waals surface area contributed by atoms with Crippen molar-refractivity contribution in [3.8, 4) is 0 Å². The number of nitrogens with zero attached hydrogens (tertiary/aromatic N) is 1. The van der Waals surface area contributed by atoms with Crippen LogP contribution in [0.25, 0.3) is 0 Å². The van der Waals surface area contributed by atoms with Crippen molar-refractivity contribution in [2.45, 2.75) is 23.8 Å². The number of nitrogens with one attached hydrogen (secondary N) is 2. The first-order chi connectivity index (χ1) is 9.90. The average molecular weight is 348 g/mol. The minimum Gasteiger partial charge on any atom is -0.345 e. The lowest BCUT2D eigenvalue weighted by Gasteiger charge is -2.23. The smallest absolute Gasteiger partial charge is 0.253 e. The van der Waals surface area contributed by atoms with Crippen molar-refractivity contribution >= 4 is 28.3 Å². The second kappa shape index (κ2) is 7.92. The van der Waals surface area contributed by atoms with Crippen molar-refractivity contribution < 1.29 is 13.2 Å². The second-order valence-corrected chi connectivity index (χ2v) is 7.11. The van der Waals surface area contributed by atoms with Crippen molar-refractivity contribution in [2.75, 3.05) is 27.2 Å². The van der Waals surface area contributed by atoms with E-state index in [0.29, 0.717) is 12.1 Å². The molecule has 22 heavy (non-hydrogen) atoms. The van der Waals surface area contributed by atoms with Gasteiger partial charge in [-0.1, -0.05) is 6.07 Å². The quantitative estimate of drug-likeness (QED) is 0.846. The molecule has 0 radical (unpaired) electrons. The van der Waals surface area contributed by atoms with Gasteiger partial charge in [0.25, 0.3) is 5.91 Å². The number of sulfonamides is 1. The maximum absolute atomic E-state index is 12.4. The minimum atomic E-state index is -3.60. The molecule has 124 valence electrons. The SMILES string of the molecule is CN(C)C(=O)c1cccc(S(=O)(=O)NC2CCCNC2)c1.Cl. The van der Waals surface area contributed by atoms with Crippen molar-refractivity contribution in [3.05, 3.63) is 29.8 Å². The third-order valence-electron chi connectivity index (χ3n) is 3.42. The molecule has 8 heteroatoms.